The molecule has 20 heavy (non-hydrogen) atoms. The predicted octanol–water partition coefficient (Wildman–Crippen LogP) is 2.07. The van der Waals surface area contributed by atoms with Crippen LogP contribution in [0.2, 0.25) is 0 Å². The minimum absolute atomic E-state index is 0.0415. The number of carbonyl (C=O) groups is 1. The van der Waals surface area contributed by atoms with Crippen LogP contribution in [-0.4, -0.2) is 32.8 Å². The summed E-state index contributed by atoms with van der Waals surface area (Å²) >= 11 is 0. The molecule has 1 fully saturated rings. The lowest BCUT2D eigenvalue weighted by Crippen LogP contribution is -2.40. The SMILES string of the molecule is CC(C)(C)CC(C)(C)CCS(=O)(=O)N[C@H]1CCOC1=O. The summed E-state index contributed by atoms with van der Waals surface area (Å²) in [6, 6.07) is -0.703. The first kappa shape index (κ1) is 17.4. The summed E-state index contributed by atoms with van der Waals surface area (Å²) in [7, 11) is -3.44. The molecule has 0 spiro atoms. The number of sulfonamides is 1. The first-order valence-electron chi connectivity index (χ1n) is 7.07. The minimum Gasteiger partial charge on any atom is -0.464 e. The van der Waals surface area contributed by atoms with Gasteiger partial charge in [0.25, 0.3) is 0 Å². The quantitative estimate of drug-likeness (QED) is 0.763. The number of nitrogens with one attached hydrogen (secondary N) is 1. The highest BCUT2D eigenvalue weighted by Gasteiger charge is 2.32. The van der Waals surface area contributed by atoms with Gasteiger partial charge in [-0.05, 0) is 23.7 Å². The zero-order valence-corrected chi connectivity index (χ0v) is 14.0. The van der Waals surface area contributed by atoms with Crippen molar-refractivity contribution in [2.45, 2.75) is 59.9 Å². The maximum atomic E-state index is 12.0. The van der Waals surface area contributed by atoms with Crippen molar-refractivity contribution in [2.75, 3.05) is 12.4 Å². The van der Waals surface area contributed by atoms with Crippen molar-refractivity contribution in [1.29, 1.82) is 0 Å². The van der Waals surface area contributed by atoms with Gasteiger partial charge in [-0.1, -0.05) is 34.6 Å². The molecule has 1 heterocycles. The third-order valence-electron chi connectivity index (χ3n) is 3.31. The lowest BCUT2D eigenvalue weighted by Gasteiger charge is -2.32. The van der Waals surface area contributed by atoms with Crippen molar-refractivity contribution in [3.8, 4) is 0 Å². The Balaban J connectivity index is 2.52. The topological polar surface area (TPSA) is 72.5 Å². The van der Waals surface area contributed by atoms with Crippen molar-refractivity contribution in [2.24, 2.45) is 10.8 Å². The molecule has 0 saturated carbocycles. The predicted molar refractivity (Wildman–Crippen MR) is 78.8 cm³/mol. The number of hydrogen-bond acceptors (Lipinski definition) is 4. The summed E-state index contributed by atoms with van der Waals surface area (Å²) < 4.78 is 31.2. The molecule has 1 N–H and O–H groups in total. The second kappa shape index (κ2) is 6.02. The highest BCUT2D eigenvalue weighted by Crippen LogP contribution is 2.35. The van der Waals surface area contributed by atoms with Crippen LogP contribution in [0.15, 0.2) is 0 Å². The third kappa shape index (κ3) is 6.22. The monoisotopic (exact) mass is 305 g/mol. The van der Waals surface area contributed by atoms with Gasteiger partial charge in [0.2, 0.25) is 10.0 Å². The second-order valence-electron chi connectivity index (χ2n) is 7.60. The highest BCUT2D eigenvalue weighted by atomic mass is 32.2. The van der Waals surface area contributed by atoms with Gasteiger partial charge >= 0.3 is 5.97 Å². The lowest BCUT2D eigenvalue weighted by molar-refractivity contribution is -0.139. The van der Waals surface area contributed by atoms with E-state index >= 15 is 0 Å². The summed E-state index contributed by atoms with van der Waals surface area (Å²) in [4.78, 5) is 11.3. The summed E-state index contributed by atoms with van der Waals surface area (Å²) in [5.41, 5.74) is 0.110. The minimum atomic E-state index is -3.44. The smallest absolute Gasteiger partial charge is 0.324 e. The summed E-state index contributed by atoms with van der Waals surface area (Å²) in [5.74, 6) is -0.428. The van der Waals surface area contributed by atoms with Crippen LogP contribution < -0.4 is 4.72 Å². The second-order valence-corrected chi connectivity index (χ2v) is 9.47. The van der Waals surface area contributed by atoms with Crippen LogP contribution in [-0.2, 0) is 19.6 Å². The van der Waals surface area contributed by atoms with Gasteiger partial charge in [0.1, 0.15) is 6.04 Å². The normalized spacial score (nSPS) is 21.1. The van der Waals surface area contributed by atoms with E-state index < -0.39 is 22.0 Å². The molecule has 0 amide bonds. The molecule has 0 aliphatic carbocycles. The van der Waals surface area contributed by atoms with E-state index in [-0.39, 0.29) is 16.6 Å². The molecule has 1 rings (SSSR count). The Labute approximate surface area is 122 Å². The van der Waals surface area contributed by atoms with Gasteiger partial charge in [-0.2, -0.15) is 0 Å². The van der Waals surface area contributed by atoms with Gasteiger partial charge in [0, 0.05) is 6.42 Å². The van der Waals surface area contributed by atoms with Crippen molar-refractivity contribution in [1.82, 2.24) is 4.72 Å². The Morgan fingerprint density at radius 3 is 2.30 bits per heavy atom. The molecule has 6 heteroatoms. The van der Waals surface area contributed by atoms with Crippen molar-refractivity contribution >= 4 is 16.0 Å². The Bertz CT molecular complexity index is 448. The molecule has 118 valence electrons. The molecular weight excluding hydrogens is 278 g/mol. The maximum Gasteiger partial charge on any atom is 0.324 e. The molecule has 1 aliphatic heterocycles. The Kier molecular flexibility index (Phi) is 5.24. The average molecular weight is 305 g/mol. The van der Waals surface area contributed by atoms with E-state index in [2.05, 4.69) is 39.3 Å². The Hall–Kier alpha value is -0.620. The van der Waals surface area contributed by atoms with Crippen LogP contribution in [0.1, 0.15) is 53.9 Å². The van der Waals surface area contributed by atoms with Crippen LogP contribution >= 0.6 is 0 Å². The zero-order chi connectivity index (χ0) is 15.6. The number of ether oxygens (including phenoxy) is 1. The third-order valence-corrected chi connectivity index (χ3v) is 4.70. The Morgan fingerprint density at radius 1 is 1.25 bits per heavy atom. The standard InChI is InChI=1S/C14H27NO4S/c1-13(2,3)10-14(4,5)7-9-20(17,18)15-11-6-8-19-12(11)16/h11,15H,6-10H2,1-5H3/t11-/m0/s1. The van der Waals surface area contributed by atoms with Gasteiger partial charge in [0.05, 0.1) is 12.4 Å². The van der Waals surface area contributed by atoms with E-state index in [4.69, 9.17) is 4.74 Å². The molecule has 0 aromatic carbocycles. The zero-order valence-electron chi connectivity index (χ0n) is 13.2. The molecule has 0 radical (unpaired) electrons. The molecule has 0 aromatic rings. The van der Waals surface area contributed by atoms with E-state index in [1.165, 1.54) is 0 Å². The fourth-order valence-electron chi connectivity index (χ4n) is 2.81. The van der Waals surface area contributed by atoms with Gasteiger partial charge in [-0.25, -0.2) is 13.1 Å². The molecule has 1 saturated heterocycles. The number of esters is 1. The van der Waals surface area contributed by atoms with Gasteiger partial charge in [0.15, 0.2) is 0 Å². The van der Waals surface area contributed by atoms with Crippen molar-refractivity contribution in [3.05, 3.63) is 0 Å². The molecule has 0 unspecified atom stereocenters. The van der Waals surface area contributed by atoms with E-state index in [1.54, 1.807) is 0 Å². The molecular formula is C14H27NO4S. The lowest BCUT2D eigenvalue weighted by atomic mass is 9.75. The van der Waals surface area contributed by atoms with E-state index in [0.29, 0.717) is 19.4 Å². The molecule has 0 bridgehead atoms. The van der Waals surface area contributed by atoms with Crippen LogP contribution in [0.5, 0.6) is 0 Å². The fraction of sp³-hybridized carbons (Fsp3) is 0.929. The summed E-state index contributed by atoms with van der Waals surface area (Å²) in [5, 5.41) is 0. The van der Waals surface area contributed by atoms with Gasteiger partial charge < -0.3 is 4.74 Å². The van der Waals surface area contributed by atoms with Crippen molar-refractivity contribution in [3.63, 3.8) is 0 Å². The van der Waals surface area contributed by atoms with Crippen molar-refractivity contribution < 1.29 is 17.9 Å². The summed E-state index contributed by atoms with van der Waals surface area (Å²) in [6.07, 6.45) is 1.94. The first-order chi connectivity index (χ1) is 8.90. The van der Waals surface area contributed by atoms with Crippen LogP contribution in [0.4, 0.5) is 0 Å². The molecule has 1 aliphatic rings. The number of cyclic esters (lactones) is 1. The number of rotatable bonds is 6. The first-order valence-corrected chi connectivity index (χ1v) is 8.72. The number of hydrogen-bond donors (Lipinski definition) is 1. The summed E-state index contributed by atoms with van der Waals surface area (Å²) in [6.45, 7) is 10.9. The van der Waals surface area contributed by atoms with Crippen LogP contribution in [0.3, 0.4) is 0 Å². The van der Waals surface area contributed by atoms with Crippen LogP contribution in [0.25, 0.3) is 0 Å². The maximum absolute atomic E-state index is 12.0. The van der Waals surface area contributed by atoms with Gasteiger partial charge in [-0.15, -0.1) is 0 Å². The molecule has 5 nitrogen and oxygen atoms in total. The molecule has 0 aromatic heterocycles. The Morgan fingerprint density at radius 2 is 1.85 bits per heavy atom. The van der Waals surface area contributed by atoms with Gasteiger partial charge in [-0.3, -0.25) is 4.79 Å². The van der Waals surface area contributed by atoms with E-state index in [9.17, 15) is 13.2 Å². The molecule has 1 atom stereocenters. The number of carbonyl (C=O) groups excluding carboxylic acids is 1. The average Bonchev–Trinajstić information content (AvgIpc) is 2.58. The van der Waals surface area contributed by atoms with Crippen LogP contribution in [0, 0.1) is 10.8 Å². The van der Waals surface area contributed by atoms with E-state index in [1.807, 2.05) is 0 Å². The van der Waals surface area contributed by atoms with E-state index in [0.717, 1.165) is 6.42 Å². The highest BCUT2D eigenvalue weighted by molar-refractivity contribution is 7.89. The largest absolute Gasteiger partial charge is 0.464 e. The fourth-order valence-corrected chi connectivity index (χ4v) is 4.40.